The second-order valence-electron chi connectivity index (χ2n) is 10.2. The fourth-order valence-electron chi connectivity index (χ4n) is 6.42. The van der Waals surface area contributed by atoms with Crippen molar-refractivity contribution in [1.82, 2.24) is 10.7 Å². The topological polar surface area (TPSA) is 62.7 Å². The molecule has 0 unspecified atom stereocenters. The Hall–Kier alpha value is -2.04. The monoisotopic (exact) mass is 425 g/mol. The highest BCUT2D eigenvalue weighted by molar-refractivity contribution is 5.82. The van der Waals surface area contributed by atoms with Gasteiger partial charge in [-0.1, -0.05) is 39.0 Å². The molecule has 0 heterocycles. The number of rotatable bonds is 11. The summed E-state index contributed by atoms with van der Waals surface area (Å²) in [6.07, 6.45) is 16.9. The standard InChI is InChI=1S/C26H39N3O2/c1-2-3-4-5-6-7-12-31-24-10-8-20(9-11-24)19-27-29-25(30)28-26-16-21-13-22(17-26)15-23(14-21)18-26/h8-11,19,21-23H,2-7,12-18H2,1H3,(H2,28,29,30)/b27-19-. The van der Waals surface area contributed by atoms with Gasteiger partial charge in [0.1, 0.15) is 5.75 Å². The summed E-state index contributed by atoms with van der Waals surface area (Å²) in [6.45, 7) is 3.01. The Morgan fingerprint density at radius 1 is 1.00 bits per heavy atom. The second-order valence-corrected chi connectivity index (χ2v) is 10.2. The van der Waals surface area contributed by atoms with Crippen LogP contribution in [-0.4, -0.2) is 24.4 Å². The van der Waals surface area contributed by atoms with Crippen LogP contribution in [0.4, 0.5) is 4.79 Å². The Kier molecular flexibility index (Phi) is 7.52. The number of nitrogens with zero attached hydrogens (tertiary/aromatic N) is 1. The van der Waals surface area contributed by atoms with Crippen LogP contribution in [0, 0.1) is 17.8 Å². The number of carbonyl (C=O) groups excluding carboxylic acids is 1. The molecule has 1 aromatic carbocycles. The van der Waals surface area contributed by atoms with E-state index in [4.69, 9.17) is 4.74 Å². The van der Waals surface area contributed by atoms with Crippen molar-refractivity contribution in [2.24, 2.45) is 22.9 Å². The Morgan fingerprint density at radius 2 is 1.61 bits per heavy atom. The predicted molar refractivity (Wildman–Crippen MR) is 125 cm³/mol. The number of nitrogens with one attached hydrogen (secondary N) is 2. The van der Waals surface area contributed by atoms with E-state index in [2.05, 4.69) is 22.8 Å². The van der Waals surface area contributed by atoms with Crippen LogP contribution < -0.4 is 15.5 Å². The molecule has 5 rings (SSSR count). The number of hydrazone groups is 1. The van der Waals surface area contributed by atoms with Gasteiger partial charge in [-0.2, -0.15) is 5.10 Å². The van der Waals surface area contributed by atoms with Crippen LogP contribution in [0.25, 0.3) is 0 Å². The van der Waals surface area contributed by atoms with Gasteiger partial charge in [-0.05, 0) is 92.5 Å². The van der Waals surface area contributed by atoms with Crippen molar-refractivity contribution >= 4 is 12.2 Å². The highest BCUT2D eigenvalue weighted by atomic mass is 16.5. The molecule has 4 bridgehead atoms. The molecule has 0 radical (unpaired) electrons. The molecule has 2 amide bonds. The Morgan fingerprint density at radius 3 is 2.26 bits per heavy atom. The van der Waals surface area contributed by atoms with E-state index in [0.717, 1.165) is 61.4 Å². The quantitative estimate of drug-likeness (QED) is 0.258. The Labute approximate surface area is 187 Å². The van der Waals surface area contributed by atoms with Crippen LogP contribution in [-0.2, 0) is 0 Å². The average Bonchev–Trinajstić information content (AvgIpc) is 2.73. The smallest absolute Gasteiger partial charge is 0.335 e. The van der Waals surface area contributed by atoms with Crippen molar-refractivity contribution in [1.29, 1.82) is 0 Å². The van der Waals surface area contributed by atoms with Crippen molar-refractivity contribution < 1.29 is 9.53 Å². The number of benzene rings is 1. The molecule has 0 saturated heterocycles. The lowest BCUT2D eigenvalue weighted by Gasteiger charge is -2.56. The third kappa shape index (κ3) is 6.24. The van der Waals surface area contributed by atoms with Crippen molar-refractivity contribution in [3.05, 3.63) is 29.8 Å². The lowest BCUT2D eigenvalue weighted by Crippen LogP contribution is -2.61. The molecule has 4 aliphatic rings. The van der Waals surface area contributed by atoms with E-state index in [1.165, 1.54) is 51.4 Å². The molecular formula is C26H39N3O2. The number of urea groups is 1. The molecule has 0 aromatic heterocycles. The van der Waals surface area contributed by atoms with E-state index in [1.807, 2.05) is 24.3 Å². The molecule has 4 saturated carbocycles. The fraction of sp³-hybridized carbons (Fsp3) is 0.692. The van der Waals surface area contributed by atoms with Crippen molar-refractivity contribution in [3.8, 4) is 5.75 Å². The van der Waals surface area contributed by atoms with Gasteiger partial charge in [0.25, 0.3) is 0 Å². The summed E-state index contributed by atoms with van der Waals surface area (Å²) in [5.41, 5.74) is 3.64. The summed E-state index contributed by atoms with van der Waals surface area (Å²) in [5.74, 6) is 3.34. The maximum absolute atomic E-state index is 12.4. The van der Waals surface area contributed by atoms with Crippen LogP contribution in [0.2, 0.25) is 0 Å². The highest BCUT2D eigenvalue weighted by Gasteiger charge is 2.51. The van der Waals surface area contributed by atoms with Crippen LogP contribution in [0.15, 0.2) is 29.4 Å². The van der Waals surface area contributed by atoms with Gasteiger partial charge >= 0.3 is 6.03 Å². The van der Waals surface area contributed by atoms with Gasteiger partial charge < -0.3 is 10.1 Å². The first-order valence-electron chi connectivity index (χ1n) is 12.5. The zero-order chi connectivity index (χ0) is 21.5. The van der Waals surface area contributed by atoms with E-state index in [1.54, 1.807) is 6.21 Å². The first-order valence-corrected chi connectivity index (χ1v) is 12.5. The molecular weight excluding hydrogens is 386 g/mol. The predicted octanol–water partition coefficient (Wildman–Crippen LogP) is 6.03. The van der Waals surface area contributed by atoms with Crippen molar-refractivity contribution in [2.45, 2.75) is 89.5 Å². The highest BCUT2D eigenvalue weighted by Crippen LogP contribution is 2.55. The molecule has 1 aromatic rings. The van der Waals surface area contributed by atoms with Gasteiger partial charge in [0.05, 0.1) is 12.8 Å². The van der Waals surface area contributed by atoms with Crippen LogP contribution in [0.1, 0.15) is 89.5 Å². The van der Waals surface area contributed by atoms with E-state index < -0.39 is 0 Å². The van der Waals surface area contributed by atoms with Gasteiger partial charge in [-0.25, -0.2) is 10.2 Å². The van der Waals surface area contributed by atoms with Crippen molar-refractivity contribution in [2.75, 3.05) is 6.61 Å². The van der Waals surface area contributed by atoms with E-state index in [-0.39, 0.29) is 11.6 Å². The molecule has 170 valence electrons. The van der Waals surface area contributed by atoms with Gasteiger partial charge in [0.2, 0.25) is 0 Å². The van der Waals surface area contributed by atoms with E-state index >= 15 is 0 Å². The van der Waals surface area contributed by atoms with Crippen LogP contribution >= 0.6 is 0 Å². The number of hydrogen-bond acceptors (Lipinski definition) is 3. The minimum Gasteiger partial charge on any atom is -0.494 e. The summed E-state index contributed by atoms with van der Waals surface area (Å²) in [4.78, 5) is 12.4. The normalized spacial score (nSPS) is 28.7. The number of hydrogen-bond donors (Lipinski definition) is 2. The molecule has 4 aliphatic carbocycles. The molecule has 5 heteroatoms. The molecule has 4 fully saturated rings. The maximum atomic E-state index is 12.4. The minimum absolute atomic E-state index is 0.0172. The largest absolute Gasteiger partial charge is 0.494 e. The van der Waals surface area contributed by atoms with Crippen LogP contribution in [0.3, 0.4) is 0 Å². The molecule has 2 N–H and O–H groups in total. The third-order valence-corrected chi connectivity index (χ3v) is 7.44. The average molecular weight is 426 g/mol. The van der Waals surface area contributed by atoms with E-state index in [9.17, 15) is 4.79 Å². The number of unbranched alkanes of at least 4 members (excludes halogenated alkanes) is 5. The third-order valence-electron chi connectivity index (χ3n) is 7.44. The van der Waals surface area contributed by atoms with Gasteiger partial charge in [-0.3, -0.25) is 0 Å². The lowest BCUT2D eigenvalue weighted by atomic mass is 9.53. The maximum Gasteiger partial charge on any atom is 0.335 e. The summed E-state index contributed by atoms with van der Waals surface area (Å²) in [6, 6.07) is 7.71. The first kappa shape index (κ1) is 22.2. The summed E-state index contributed by atoms with van der Waals surface area (Å²) >= 11 is 0. The Balaban J connectivity index is 1.15. The zero-order valence-electron chi connectivity index (χ0n) is 19.1. The first-order chi connectivity index (χ1) is 15.1. The van der Waals surface area contributed by atoms with Gasteiger partial charge in [0, 0.05) is 5.54 Å². The SMILES string of the molecule is CCCCCCCCOc1ccc(/C=N\NC(=O)NC23CC4CC(CC(C4)C2)C3)cc1. The molecule has 31 heavy (non-hydrogen) atoms. The number of amides is 2. The lowest BCUT2D eigenvalue weighted by molar-refractivity contribution is -0.0135. The molecule has 0 atom stereocenters. The van der Waals surface area contributed by atoms with E-state index in [0.29, 0.717) is 0 Å². The summed E-state index contributed by atoms with van der Waals surface area (Å²) in [5, 5.41) is 7.43. The fourth-order valence-corrected chi connectivity index (χ4v) is 6.42. The van der Waals surface area contributed by atoms with Crippen LogP contribution in [0.5, 0.6) is 5.75 Å². The molecule has 0 spiro atoms. The Bertz CT molecular complexity index is 708. The van der Waals surface area contributed by atoms with Gasteiger partial charge in [-0.15, -0.1) is 0 Å². The molecule has 5 nitrogen and oxygen atoms in total. The van der Waals surface area contributed by atoms with Gasteiger partial charge in [0.15, 0.2) is 0 Å². The minimum atomic E-state index is -0.169. The number of carbonyl (C=O) groups is 1. The zero-order valence-corrected chi connectivity index (χ0v) is 19.1. The summed E-state index contributed by atoms with van der Waals surface area (Å²) in [7, 11) is 0. The number of ether oxygens (including phenoxy) is 1. The molecule has 0 aliphatic heterocycles. The van der Waals surface area contributed by atoms with Crippen molar-refractivity contribution in [3.63, 3.8) is 0 Å². The summed E-state index contributed by atoms with van der Waals surface area (Å²) < 4.78 is 5.82. The second kappa shape index (κ2) is 10.5.